The molecule has 1 aliphatic rings. The maximum atomic E-state index is 12.6. The zero-order valence-corrected chi connectivity index (χ0v) is 15.1. The van der Waals surface area contributed by atoms with Crippen LogP contribution in [0.5, 0.6) is 0 Å². The lowest BCUT2D eigenvalue weighted by molar-refractivity contribution is 0.00578. The van der Waals surface area contributed by atoms with Crippen LogP contribution in [-0.4, -0.2) is 26.7 Å². The van der Waals surface area contributed by atoms with E-state index in [1.807, 2.05) is 27.7 Å². The van der Waals surface area contributed by atoms with Crippen molar-refractivity contribution in [2.24, 2.45) is 0 Å². The minimum atomic E-state index is -3.51. The topological polar surface area (TPSA) is 52.6 Å². The van der Waals surface area contributed by atoms with Crippen molar-refractivity contribution in [3.63, 3.8) is 0 Å². The van der Waals surface area contributed by atoms with E-state index in [4.69, 9.17) is 9.31 Å². The summed E-state index contributed by atoms with van der Waals surface area (Å²) in [5.41, 5.74) is -0.0421. The molecular weight excluding hydrogens is 323 g/mol. The summed E-state index contributed by atoms with van der Waals surface area (Å²) in [5, 5.41) is 0. The van der Waals surface area contributed by atoms with E-state index in [0.29, 0.717) is 0 Å². The smallest absolute Gasteiger partial charge is 0.399 e. The fraction of sp³-hybridized carbons (Fsp3) is 0.333. The van der Waals surface area contributed by atoms with Gasteiger partial charge in [0.1, 0.15) is 0 Å². The molecule has 0 N–H and O–H groups in total. The van der Waals surface area contributed by atoms with Crippen LogP contribution in [0.3, 0.4) is 0 Å². The average molecular weight is 344 g/mol. The highest BCUT2D eigenvalue weighted by molar-refractivity contribution is 7.91. The molecule has 0 aliphatic carbocycles. The van der Waals surface area contributed by atoms with Gasteiger partial charge in [0.15, 0.2) is 0 Å². The lowest BCUT2D eigenvalue weighted by Gasteiger charge is -2.32. The minimum absolute atomic E-state index is 0.258. The van der Waals surface area contributed by atoms with E-state index in [9.17, 15) is 8.42 Å². The van der Waals surface area contributed by atoms with Crippen molar-refractivity contribution in [2.75, 3.05) is 0 Å². The van der Waals surface area contributed by atoms with E-state index in [0.717, 1.165) is 5.46 Å². The minimum Gasteiger partial charge on any atom is -0.399 e. The number of hydrogen-bond acceptors (Lipinski definition) is 4. The largest absolute Gasteiger partial charge is 0.494 e. The molecule has 3 rings (SSSR count). The Kier molecular flexibility index (Phi) is 4.10. The lowest BCUT2D eigenvalue weighted by Crippen LogP contribution is -2.41. The molecule has 1 saturated heterocycles. The van der Waals surface area contributed by atoms with Crippen LogP contribution < -0.4 is 5.46 Å². The van der Waals surface area contributed by atoms with Crippen LogP contribution in [0.1, 0.15) is 27.7 Å². The first-order valence-corrected chi connectivity index (χ1v) is 9.38. The molecule has 4 nitrogen and oxygen atoms in total. The monoisotopic (exact) mass is 344 g/mol. The SMILES string of the molecule is CC1(C)OB(c2ccc(S(=O)(=O)c3ccccc3)cc2)OC1(C)C. The van der Waals surface area contributed by atoms with Crippen molar-refractivity contribution in [1.82, 2.24) is 0 Å². The van der Waals surface area contributed by atoms with Crippen molar-refractivity contribution >= 4 is 22.4 Å². The number of rotatable bonds is 3. The van der Waals surface area contributed by atoms with Gasteiger partial charge in [-0.2, -0.15) is 0 Å². The summed E-state index contributed by atoms with van der Waals surface area (Å²) in [6, 6.07) is 15.1. The molecule has 0 spiro atoms. The summed E-state index contributed by atoms with van der Waals surface area (Å²) in [6.45, 7) is 7.95. The Morgan fingerprint density at radius 1 is 0.750 bits per heavy atom. The van der Waals surface area contributed by atoms with Gasteiger partial charge in [-0.15, -0.1) is 0 Å². The van der Waals surface area contributed by atoms with Gasteiger partial charge < -0.3 is 9.31 Å². The fourth-order valence-electron chi connectivity index (χ4n) is 2.52. The van der Waals surface area contributed by atoms with E-state index in [1.54, 1.807) is 54.6 Å². The van der Waals surface area contributed by atoms with Crippen LogP contribution in [0.4, 0.5) is 0 Å². The third kappa shape index (κ3) is 2.90. The van der Waals surface area contributed by atoms with Crippen LogP contribution in [0, 0.1) is 0 Å². The zero-order valence-electron chi connectivity index (χ0n) is 14.3. The second kappa shape index (κ2) is 5.72. The van der Waals surface area contributed by atoms with E-state index in [1.165, 1.54) is 0 Å². The summed E-state index contributed by atoms with van der Waals surface area (Å²) < 4.78 is 37.2. The molecule has 0 amide bonds. The molecule has 0 saturated carbocycles. The Hall–Kier alpha value is -1.63. The maximum absolute atomic E-state index is 12.6. The van der Waals surface area contributed by atoms with Gasteiger partial charge in [-0.05, 0) is 57.4 Å². The van der Waals surface area contributed by atoms with Crippen LogP contribution in [0.2, 0.25) is 0 Å². The van der Waals surface area contributed by atoms with Crippen LogP contribution in [0.15, 0.2) is 64.4 Å². The predicted molar refractivity (Wildman–Crippen MR) is 94.1 cm³/mol. The highest BCUT2D eigenvalue weighted by Gasteiger charge is 2.51. The van der Waals surface area contributed by atoms with Crippen molar-refractivity contribution in [3.05, 3.63) is 54.6 Å². The Bertz CT molecular complexity index is 811. The molecule has 1 aliphatic heterocycles. The number of sulfone groups is 1. The summed E-state index contributed by atoms with van der Waals surface area (Å²) in [5.74, 6) is 0. The molecule has 0 bridgehead atoms. The third-order valence-electron chi connectivity index (χ3n) is 4.77. The summed E-state index contributed by atoms with van der Waals surface area (Å²) in [4.78, 5) is 0.544. The summed E-state index contributed by atoms with van der Waals surface area (Å²) in [7, 11) is -4.00. The van der Waals surface area contributed by atoms with Gasteiger partial charge in [-0.1, -0.05) is 30.3 Å². The summed E-state index contributed by atoms with van der Waals surface area (Å²) in [6.07, 6.45) is 0. The van der Waals surface area contributed by atoms with Gasteiger partial charge in [0, 0.05) is 0 Å². The number of benzene rings is 2. The van der Waals surface area contributed by atoms with Gasteiger partial charge in [-0.25, -0.2) is 8.42 Å². The molecule has 2 aromatic rings. The molecule has 1 fully saturated rings. The molecule has 0 radical (unpaired) electrons. The molecule has 0 unspecified atom stereocenters. The van der Waals surface area contributed by atoms with E-state index in [-0.39, 0.29) is 9.79 Å². The molecule has 126 valence electrons. The normalized spacial score (nSPS) is 19.4. The molecular formula is C18H21BO4S. The van der Waals surface area contributed by atoms with Gasteiger partial charge >= 0.3 is 7.12 Å². The Labute approximate surface area is 143 Å². The molecule has 2 aromatic carbocycles. The van der Waals surface area contributed by atoms with E-state index >= 15 is 0 Å². The van der Waals surface area contributed by atoms with Crippen molar-refractivity contribution in [1.29, 1.82) is 0 Å². The first-order chi connectivity index (χ1) is 11.1. The second-order valence-corrected chi connectivity index (χ2v) is 8.92. The lowest BCUT2D eigenvalue weighted by atomic mass is 9.79. The Balaban J connectivity index is 1.88. The third-order valence-corrected chi connectivity index (χ3v) is 6.55. The van der Waals surface area contributed by atoms with E-state index < -0.39 is 28.2 Å². The maximum Gasteiger partial charge on any atom is 0.494 e. The van der Waals surface area contributed by atoms with Crippen LogP contribution >= 0.6 is 0 Å². The first kappa shape index (κ1) is 17.2. The van der Waals surface area contributed by atoms with Gasteiger partial charge in [0.05, 0.1) is 21.0 Å². The summed E-state index contributed by atoms with van der Waals surface area (Å²) >= 11 is 0. The average Bonchev–Trinajstić information content (AvgIpc) is 2.76. The quantitative estimate of drug-likeness (QED) is 0.804. The van der Waals surface area contributed by atoms with Gasteiger partial charge in [-0.3, -0.25) is 0 Å². The van der Waals surface area contributed by atoms with E-state index in [2.05, 4.69) is 0 Å². The highest BCUT2D eigenvalue weighted by Crippen LogP contribution is 2.36. The second-order valence-electron chi connectivity index (χ2n) is 6.97. The van der Waals surface area contributed by atoms with Gasteiger partial charge in [0.2, 0.25) is 9.84 Å². The molecule has 1 heterocycles. The molecule has 0 aromatic heterocycles. The van der Waals surface area contributed by atoms with Gasteiger partial charge in [0.25, 0.3) is 0 Å². The highest BCUT2D eigenvalue weighted by atomic mass is 32.2. The first-order valence-electron chi connectivity index (χ1n) is 7.89. The number of hydrogen-bond donors (Lipinski definition) is 0. The Morgan fingerprint density at radius 2 is 1.21 bits per heavy atom. The van der Waals surface area contributed by atoms with Crippen LogP contribution in [0.25, 0.3) is 0 Å². The fourth-order valence-corrected chi connectivity index (χ4v) is 3.80. The van der Waals surface area contributed by atoms with Crippen LogP contribution in [-0.2, 0) is 19.1 Å². The molecule has 0 atom stereocenters. The predicted octanol–water partition coefficient (Wildman–Crippen LogP) is 2.82. The molecule has 24 heavy (non-hydrogen) atoms. The zero-order chi connectivity index (χ0) is 17.6. The van der Waals surface area contributed by atoms with Crippen molar-refractivity contribution in [3.8, 4) is 0 Å². The van der Waals surface area contributed by atoms with Crippen molar-refractivity contribution in [2.45, 2.75) is 48.7 Å². The molecule has 6 heteroatoms. The van der Waals surface area contributed by atoms with Crippen molar-refractivity contribution < 1.29 is 17.7 Å². The Morgan fingerprint density at radius 3 is 1.71 bits per heavy atom. The standard InChI is InChI=1S/C18H21BO4S/c1-17(2)18(3,4)23-19(22-17)14-10-12-16(13-11-14)24(20,21)15-8-6-5-7-9-15/h5-13H,1-4H3.